The Hall–Kier alpha value is -3.32. The van der Waals surface area contributed by atoms with Crippen molar-refractivity contribution in [3.63, 3.8) is 0 Å². The van der Waals surface area contributed by atoms with Crippen molar-refractivity contribution in [1.82, 2.24) is 10.2 Å². The average molecular weight is 424 g/mol. The monoisotopic (exact) mass is 423 g/mol. The lowest BCUT2D eigenvalue weighted by molar-refractivity contribution is 0.206. The van der Waals surface area contributed by atoms with Crippen molar-refractivity contribution in [1.29, 1.82) is 0 Å². The maximum atomic E-state index is 12.6. The van der Waals surface area contributed by atoms with Crippen molar-refractivity contribution in [2.75, 3.05) is 18.0 Å². The highest BCUT2D eigenvalue weighted by molar-refractivity contribution is 7.92. The Kier molecular flexibility index (Phi) is 6.74. The third-order valence-corrected chi connectivity index (χ3v) is 5.19. The molecule has 0 aliphatic heterocycles. The van der Waals surface area contributed by atoms with Crippen molar-refractivity contribution in [2.24, 2.45) is 0 Å². The first-order chi connectivity index (χ1) is 14.3. The van der Waals surface area contributed by atoms with Gasteiger partial charge in [-0.25, -0.2) is 13.2 Å². The Morgan fingerprint density at radius 2 is 1.47 bits per heavy atom. The van der Waals surface area contributed by atoms with Crippen LogP contribution < -0.4 is 10.0 Å². The van der Waals surface area contributed by atoms with E-state index in [0.29, 0.717) is 17.8 Å². The average Bonchev–Trinajstić information content (AvgIpc) is 2.73. The van der Waals surface area contributed by atoms with Gasteiger partial charge in [0.15, 0.2) is 0 Å². The number of urea groups is 1. The molecule has 0 aromatic heterocycles. The summed E-state index contributed by atoms with van der Waals surface area (Å²) in [4.78, 5) is 14.2. The number of rotatable bonds is 7. The molecule has 2 amide bonds. The molecular formula is C23H25N3O3S. The van der Waals surface area contributed by atoms with E-state index in [9.17, 15) is 13.2 Å². The summed E-state index contributed by atoms with van der Waals surface area (Å²) >= 11 is 0. The molecule has 0 spiro atoms. The summed E-state index contributed by atoms with van der Waals surface area (Å²) in [5, 5.41) is 2.86. The minimum atomic E-state index is -3.40. The van der Waals surface area contributed by atoms with Gasteiger partial charge in [-0.1, -0.05) is 72.8 Å². The molecule has 0 fully saturated rings. The van der Waals surface area contributed by atoms with E-state index in [1.807, 2.05) is 54.6 Å². The van der Waals surface area contributed by atoms with Crippen LogP contribution in [0.15, 0.2) is 78.9 Å². The van der Waals surface area contributed by atoms with Crippen LogP contribution in [0.4, 0.5) is 10.5 Å². The first-order valence-corrected chi connectivity index (χ1v) is 11.4. The van der Waals surface area contributed by atoms with Crippen molar-refractivity contribution in [3.05, 3.63) is 90.0 Å². The van der Waals surface area contributed by atoms with Crippen LogP contribution in [-0.4, -0.2) is 32.7 Å². The van der Waals surface area contributed by atoms with Gasteiger partial charge in [0.05, 0.1) is 11.9 Å². The number of amides is 2. The zero-order valence-electron chi connectivity index (χ0n) is 17.0. The Morgan fingerprint density at radius 3 is 2.17 bits per heavy atom. The Labute approximate surface area is 177 Å². The molecule has 156 valence electrons. The van der Waals surface area contributed by atoms with Crippen LogP contribution in [0.3, 0.4) is 0 Å². The molecule has 3 aromatic rings. The van der Waals surface area contributed by atoms with Gasteiger partial charge >= 0.3 is 6.03 Å². The number of nitrogens with one attached hydrogen (secondary N) is 2. The molecule has 30 heavy (non-hydrogen) atoms. The fraction of sp³-hybridized carbons (Fsp3) is 0.174. The molecule has 6 nitrogen and oxygen atoms in total. The Bertz CT molecular complexity index is 1120. The molecule has 0 bridgehead atoms. The van der Waals surface area contributed by atoms with Crippen molar-refractivity contribution in [2.45, 2.75) is 13.1 Å². The van der Waals surface area contributed by atoms with Gasteiger partial charge in [-0.2, -0.15) is 0 Å². The van der Waals surface area contributed by atoms with Crippen molar-refractivity contribution in [3.8, 4) is 11.1 Å². The van der Waals surface area contributed by atoms with E-state index < -0.39 is 10.0 Å². The van der Waals surface area contributed by atoms with Crippen LogP contribution in [0.2, 0.25) is 0 Å². The minimum absolute atomic E-state index is 0.211. The number of anilines is 1. The van der Waals surface area contributed by atoms with E-state index in [0.717, 1.165) is 22.9 Å². The molecule has 3 rings (SSSR count). The molecule has 0 saturated heterocycles. The number of para-hydroxylation sites is 1. The maximum absolute atomic E-state index is 12.6. The van der Waals surface area contributed by atoms with Crippen molar-refractivity contribution < 1.29 is 13.2 Å². The summed E-state index contributed by atoms with van der Waals surface area (Å²) in [6, 6.07) is 24.8. The summed E-state index contributed by atoms with van der Waals surface area (Å²) in [6.07, 6.45) is 1.10. The highest BCUT2D eigenvalue weighted by Crippen LogP contribution is 2.24. The molecule has 0 aliphatic rings. The third-order valence-electron chi connectivity index (χ3n) is 4.60. The van der Waals surface area contributed by atoms with Crippen LogP contribution in [0.1, 0.15) is 11.1 Å². The second-order valence-electron chi connectivity index (χ2n) is 7.07. The fourth-order valence-electron chi connectivity index (χ4n) is 3.16. The summed E-state index contributed by atoms with van der Waals surface area (Å²) in [6.45, 7) is 0.655. The first kappa shape index (κ1) is 21.4. The second-order valence-corrected chi connectivity index (χ2v) is 8.82. The molecule has 0 heterocycles. The molecule has 0 radical (unpaired) electrons. The van der Waals surface area contributed by atoms with E-state index in [-0.39, 0.29) is 12.6 Å². The Morgan fingerprint density at radius 1 is 0.867 bits per heavy atom. The molecule has 0 unspecified atom stereocenters. The highest BCUT2D eigenvalue weighted by atomic mass is 32.2. The number of hydrogen-bond donors (Lipinski definition) is 2. The second kappa shape index (κ2) is 9.45. The summed E-state index contributed by atoms with van der Waals surface area (Å²) in [5.41, 5.74) is 4.37. The van der Waals surface area contributed by atoms with Gasteiger partial charge in [0.1, 0.15) is 0 Å². The lowest BCUT2D eigenvalue weighted by atomic mass is 9.99. The quantitative estimate of drug-likeness (QED) is 0.601. The molecular weight excluding hydrogens is 398 g/mol. The predicted octanol–water partition coefficient (Wildman–Crippen LogP) is 4.07. The standard InChI is InChI=1S/C23H25N3O3S/c1-26(17-20-13-6-8-14-21(20)18-10-4-3-5-11-18)23(27)24-16-19-12-7-9-15-22(19)25-30(2,28)29/h3-15,25H,16-17H2,1-2H3,(H,24,27). The summed E-state index contributed by atoms with van der Waals surface area (Å²) in [7, 11) is -1.67. The largest absolute Gasteiger partial charge is 0.334 e. The lowest BCUT2D eigenvalue weighted by Crippen LogP contribution is -2.36. The van der Waals surface area contributed by atoms with Gasteiger partial charge in [-0.3, -0.25) is 4.72 Å². The van der Waals surface area contributed by atoms with E-state index in [1.165, 1.54) is 0 Å². The minimum Gasteiger partial charge on any atom is -0.334 e. The molecule has 0 saturated carbocycles. The van der Waals surface area contributed by atoms with Crippen LogP contribution in [0.25, 0.3) is 11.1 Å². The smallest absolute Gasteiger partial charge is 0.317 e. The van der Waals surface area contributed by atoms with E-state index in [2.05, 4.69) is 10.0 Å². The van der Waals surface area contributed by atoms with Gasteiger partial charge in [-0.05, 0) is 28.3 Å². The molecule has 0 aliphatic carbocycles. The number of nitrogens with zero attached hydrogens (tertiary/aromatic N) is 1. The van der Waals surface area contributed by atoms with E-state index in [1.54, 1.807) is 36.2 Å². The number of carbonyl (C=O) groups excluding carboxylic acids is 1. The number of carbonyl (C=O) groups is 1. The van der Waals surface area contributed by atoms with Gasteiger partial charge in [-0.15, -0.1) is 0 Å². The van der Waals surface area contributed by atoms with Gasteiger partial charge in [0.25, 0.3) is 0 Å². The highest BCUT2D eigenvalue weighted by Gasteiger charge is 2.13. The molecule has 0 atom stereocenters. The van der Waals surface area contributed by atoms with Gasteiger partial charge in [0.2, 0.25) is 10.0 Å². The molecule has 2 N–H and O–H groups in total. The first-order valence-electron chi connectivity index (χ1n) is 9.51. The summed E-state index contributed by atoms with van der Waals surface area (Å²) in [5.74, 6) is 0. The SMILES string of the molecule is CN(Cc1ccccc1-c1ccccc1)C(=O)NCc1ccccc1NS(C)(=O)=O. The Balaban J connectivity index is 1.68. The predicted molar refractivity (Wildman–Crippen MR) is 120 cm³/mol. The van der Waals surface area contributed by atoms with Crippen LogP contribution in [0, 0.1) is 0 Å². The molecule has 3 aromatic carbocycles. The number of sulfonamides is 1. The van der Waals surface area contributed by atoms with Crippen LogP contribution >= 0.6 is 0 Å². The van der Waals surface area contributed by atoms with E-state index >= 15 is 0 Å². The zero-order chi connectivity index (χ0) is 21.6. The zero-order valence-corrected chi connectivity index (χ0v) is 17.8. The number of hydrogen-bond acceptors (Lipinski definition) is 3. The van der Waals surface area contributed by atoms with Crippen LogP contribution in [-0.2, 0) is 23.1 Å². The van der Waals surface area contributed by atoms with Crippen molar-refractivity contribution >= 4 is 21.7 Å². The normalized spacial score (nSPS) is 11.0. The number of benzene rings is 3. The van der Waals surface area contributed by atoms with Gasteiger partial charge in [0, 0.05) is 20.1 Å². The maximum Gasteiger partial charge on any atom is 0.317 e. The summed E-state index contributed by atoms with van der Waals surface area (Å²) < 4.78 is 25.6. The lowest BCUT2D eigenvalue weighted by Gasteiger charge is -2.20. The fourth-order valence-corrected chi connectivity index (χ4v) is 3.76. The van der Waals surface area contributed by atoms with Crippen LogP contribution in [0.5, 0.6) is 0 Å². The van der Waals surface area contributed by atoms with Gasteiger partial charge < -0.3 is 10.2 Å². The van der Waals surface area contributed by atoms with E-state index in [4.69, 9.17) is 0 Å². The third kappa shape index (κ3) is 5.84. The molecule has 7 heteroatoms. The topological polar surface area (TPSA) is 78.5 Å².